The summed E-state index contributed by atoms with van der Waals surface area (Å²) in [6.45, 7) is 3.78. The molecule has 0 spiro atoms. The fourth-order valence-electron chi connectivity index (χ4n) is 4.07. The molecule has 3 aromatic rings. The molecule has 7 nitrogen and oxygen atoms in total. The molecular weight excluding hydrogens is 388 g/mol. The van der Waals surface area contributed by atoms with Crippen LogP contribution in [0.15, 0.2) is 70.5 Å². The number of aromatic nitrogens is 2. The quantitative estimate of drug-likeness (QED) is 0.432. The van der Waals surface area contributed by atoms with Gasteiger partial charge >= 0.3 is 0 Å². The van der Waals surface area contributed by atoms with Crippen LogP contribution in [0, 0.1) is 0 Å². The van der Waals surface area contributed by atoms with Crippen LogP contribution >= 0.6 is 0 Å². The van der Waals surface area contributed by atoms with Crippen molar-refractivity contribution in [3.63, 3.8) is 0 Å². The number of likely N-dealkylation sites (tertiary alicyclic amines) is 1. The normalized spacial score (nSPS) is 16.2. The fraction of sp³-hybridized carbons (Fsp3) is 0.417. The van der Waals surface area contributed by atoms with Gasteiger partial charge in [-0.3, -0.25) is 9.89 Å². The van der Waals surface area contributed by atoms with Gasteiger partial charge < -0.3 is 15.1 Å². The highest BCUT2D eigenvalue weighted by atomic mass is 16.3. The number of aliphatic imine (C=N–C) groups is 1. The number of para-hydroxylation sites is 1. The highest BCUT2D eigenvalue weighted by Gasteiger charge is 2.24. The average Bonchev–Trinajstić information content (AvgIpc) is 3.52. The van der Waals surface area contributed by atoms with Crippen LogP contribution in [0.3, 0.4) is 0 Å². The van der Waals surface area contributed by atoms with Crippen LogP contribution in [0.2, 0.25) is 0 Å². The van der Waals surface area contributed by atoms with Gasteiger partial charge in [-0.2, -0.15) is 5.10 Å². The van der Waals surface area contributed by atoms with Crippen LogP contribution in [0.1, 0.15) is 36.6 Å². The molecule has 0 saturated carbocycles. The van der Waals surface area contributed by atoms with Gasteiger partial charge in [-0.15, -0.1) is 0 Å². The summed E-state index contributed by atoms with van der Waals surface area (Å²) in [5, 5.41) is 11.4. The Kier molecular flexibility index (Phi) is 7.39. The number of nitrogens with one attached hydrogen (secondary N) is 2. The van der Waals surface area contributed by atoms with Gasteiger partial charge in [-0.05, 0) is 62.2 Å². The Morgan fingerprint density at radius 3 is 2.68 bits per heavy atom. The molecule has 1 atom stereocenters. The Morgan fingerprint density at radius 2 is 1.94 bits per heavy atom. The minimum absolute atomic E-state index is 0.220. The molecule has 1 unspecified atom stereocenters. The maximum atomic E-state index is 5.74. The molecular formula is C24H32N6O. The summed E-state index contributed by atoms with van der Waals surface area (Å²) in [5.41, 5.74) is 2.26. The zero-order valence-electron chi connectivity index (χ0n) is 18.2. The van der Waals surface area contributed by atoms with Crippen molar-refractivity contribution in [2.45, 2.75) is 31.7 Å². The Labute approximate surface area is 184 Å². The summed E-state index contributed by atoms with van der Waals surface area (Å²) in [6.07, 6.45) is 10.5. The molecule has 1 saturated heterocycles. The summed E-state index contributed by atoms with van der Waals surface area (Å²) in [7, 11) is 1.81. The maximum Gasteiger partial charge on any atom is 0.191 e. The molecule has 2 aromatic heterocycles. The topological polar surface area (TPSA) is 70.6 Å². The molecule has 1 aliphatic heterocycles. The lowest BCUT2D eigenvalue weighted by atomic mass is 10.1. The lowest BCUT2D eigenvalue weighted by Gasteiger charge is -2.33. The number of rotatable bonds is 8. The van der Waals surface area contributed by atoms with Gasteiger partial charge in [-0.1, -0.05) is 24.6 Å². The molecule has 1 aliphatic rings. The van der Waals surface area contributed by atoms with E-state index < -0.39 is 0 Å². The van der Waals surface area contributed by atoms with Crippen molar-refractivity contribution in [3.05, 3.63) is 72.4 Å². The molecule has 0 bridgehead atoms. The van der Waals surface area contributed by atoms with E-state index in [4.69, 9.17) is 4.42 Å². The first-order chi connectivity index (χ1) is 15.3. The zero-order chi connectivity index (χ0) is 21.3. The first-order valence-corrected chi connectivity index (χ1v) is 11.1. The Balaban J connectivity index is 1.28. The van der Waals surface area contributed by atoms with Crippen molar-refractivity contribution in [2.24, 2.45) is 4.99 Å². The van der Waals surface area contributed by atoms with Crippen LogP contribution in [0.4, 0.5) is 0 Å². The maximum absolute atomic E-state index is 5.74. The number of hydrogen-bond acceptors (Lipinski definition) is 4. The van der Waals surface area contributed by atoms with Gasteiger partial charge in [0.15, 0.2) is 5.96 Å². The van der Waals surface area contributed by atoms with Crippen molar-refractivity contribution in [2.75, 3.05) is 33.2 Å². The lowest BCUT2D eigenvalue weighted by molar-refractivity contribution is 0.146. The zero-order valence-corrected chi connectivity index (χ0v) is 18.2. The molecule has 4 rings (SSSR count). The van der Waals surface area contributed by atoms with Crippen molar-refractivity contribution in [1.29, 1.82) is 0 Å². The third kappa shape index (κ3) is 5.76. The molecule has 2 N–H and O–H groups in total. The van der Waals surface area contributed by atoms with Crippen molar-refractivity contribution in [1.82, 2.24) is 25.3 Å². The molecule has 0 radical (unpaired) electrons. The first-order valence-electron chi connectivity index (χ1n) is 11.1. The van der Waals surface area contributed by atoms with E-state index in [2.05, 4.69) is 50.0 Å². The van der Waals surface area contributed by atoms with E-state index in [1.165, 1.54) is 24.8 Å². The molecule has 3 heterocycles. The molecule has 164 valence electrons. The third-order valence-corrected chi connectivity index (χ3v) is 5.75. The molecule has 1 fully saturated rings. The molecule has 0 aliphatic carbocycles. The molecule has 31 heavy (non-hydrogen) atoms. The SMILES string of the molecule is CN=C(NCCc1cnn(-c2ccccc2)c1)NCC(c1ccco1)N1CCCCC1. The predicted molar refractivity (Wildman–Crippen MR) is 124 cm³/mol. The van der Waals surface area contributed by atoms with Gasteiger partial charge in [0, 0.05) is 26.3 Å². The van der Waals surface area contributed by atoms with E-state index in [1.807, 2.05) is 42.2 Å². The van der Waals surface area contributed by atoms with Gasteiger partial charge in [0.05, 0.1) is 24.2 Å². The Morgan fingerprint density at radius 1 is 1.10 bits per heavy atom. The van der Waals surface area contributed by atoms with E-state index in [0.717, 1.165) is 50.0 Å². The largest absolute Gasteiger partial charge is 0.468 e. The smallest absolute Gasteiger partial charge is 0.191 e. The Bertz CT molecular complexity index is 928. The minimum atomic E-state index is 0.220. The standard InChI is InChI=1S/C24H32N6O/c1-25-24(26-13-12-20-17-28-30(19-20)21-9-4-2-5-10-21)27-18-22(23-11-8-16-31-23)29-14-6-3-7-15-29/h2,4-5,8-11,16-17,19,22H,3,6-7,12-15,18H2,1H3,(H2,25,26,27). The molecule has 1 aromatic carbocycles. The van der Waals surface area contributed by atoms with Crippen LogP contribution in [0.5, 0.6) is 0 Å². The van der Waals surface area contributed by atoms with Gasteiger partial charge in [0.25, 0.3) is 0 Å². The second kappa shape index (κ2) is 10.8. The van der Waals surface area contributed by atoms with Gasteiger partial charge in [-0.25, -0.2) is 4.68 Å². The van der Waals surface area contributed by atoms with Crippen LogP contribution in [-0.2, 0) is 6.42 Å². The van der Waals surface area contributed by atoms with Crippen molar-refractivity contribution >= 4 is 5.96 Å². The average molecular weight is 421 g/mol. The van der Waals surface area contributed by atoms with Crippen molar-refractivity contribution in [3.8, 4) is 5.69 Å². The highest BCUT2D eigenvalue weighted by molar-refractivity contribution is 5.79. The summed E-state index contributed by atoms with van der Waals surface area (Å²) in [6, 6.07) is 14.4. The lowest BCUT2D eigenvalue weighted by Crippen LogP contribution is -2.44. The number of piperidine rings is 1. The van der Waals surface area contributed by atoms with E-state index >= 15 is 0 Å². The number of furan rings is 1. The van der Waals surface area contributed by atoms with Gasteiger partial charge in [0.2, 0.25) is 0 Å². The second-order valence-corrected chi connectivity index (χ2v) is 7.89. The van der Waals surface area contributed by atoms with Crippen LogP contribution < -0.4 is 10.6 Å². The molecule has 7 heteroatoms. The van der Waals surface area contributed by atoms with Crippen LogP contribution in [-0.4, -0.2) is 53.9 Å². The minimum Gasteiger partial charge on any atom is -0.468 e. The number of guanidine groups is 1. The Hall–Kier alpha value is -3.06. The summed E-state index contributed by atoms with van der Waals surface area (Å²) in [4.78, 5) is 6.91. The van der Waals surface area contributed by atoms with Crippen LogP contribution in [0.25, 0.3) is 5.69 Å². The monoisotopic (exact) mass is 420 g/mol. The van der Waals surface area contributed by atoms with E-state index in [-0.39, 0.29) is 6.04 Å². The second-order valence-electron chi connectivity index (χ2n) is 7.89. The number of hydrogen-bond donors (Lipinski definition) is 2. The highest BCUT2D eigenvalue weighted by Crippen LogP contribution is 2.24. The summed E-state index contributed by atoms with van der Waals surface area (Å²) < 4.78 is 7.65. The summed E-state index contributed by atoms with van der Waals surface area (Å²) in [5.74, 6) is 1.82. The van der Waals surface area contributed by atoms with Gasteiger partial charge in [0.1, 0.15) is 5.76 Å². The van der Waals surface area contributed by atoms with Crippen molar-refractivity contribution < 1.29 is 4.42 Å². The number of nitrogens with zero attached hydrogens (tertiary/aromatic N) is 4. The first kappa shape index (κ1) is 21.2. The predicted octanol–water partition coefficient (Wildman–Crippen LogP) is 3.40. The van der Waals surface area contributed by atoms with E-state index in [0.29, 0.717) is 0 Å². The third-order valence-electron chi connectivity index (χ3n) is 5.75. The van der Waals surface area contributed by atoms with E-state index in [9.17, 15) is 0 Å². The van der Waals surface area contributed by atoms with E-state index in [1.54, 1.807) is 6.26 Å². The summed E-state index contributed by atoms with van der Waals surface area (Å²) >= 11 is 0. The number of benzene rings is 1. The molecule has 0 amide bonds. The fourth-order valence-corrected chi connectivity index (χ4v) is 4.07.